The molecule has 1 atom stereocenters. The zero-order valence-electron chi connectivity index (χ0n) is 12.8. The number of halogens is 2. The van der Waals surface area contributed by atoms with Gasteiger partial charge in [0.1, 0.15) is 5.69 Å². The minimum Gasteiger partial charge on any atom is -0.388 e. The summed E-state index contributed by atoms with van der Waals surface area (Å²) in [6.45, 7) is 1.92. The maximum absolute atomic E-state index is 12.9. The van der Waals surface area contributed by atoms with E-state index in [1.54, 1.807) is 0 Å². The molecule has 3 heterocycles. The highest BCUT2D eigenvalue weighted by molar-refractivity contribution is 7.19. The zero-order valence-corrected chi connectivity index (χ0v) is 13.6. The lowest BCUT2D eigenvalue weighted by Crippen LogP contribution is -1.94. The van der Waals surface area contributed by atoms with Crippen LogP contribution in [0, 0.1) is 0 Å². The third-order valence-corrected chi connectivity index (χ3v) is 5.29. The Morgan fingerprint density at radius 2 is 2.04 bits per heavy atom. The fourth-order valence-corrected chi connectivity index (χ4v) is 3.81. The van der Waals surface area contributed by atoms with E-state index < -0.39 is 12.5 Å². The Morgan fingerprint density at radius 3 is 2.79 bits per heavy atom. The topological polar surface area (TPSA) is 64.7 Å². The van der Waals surface area contributed by atoms with E-state index in [9.17, 15) is 13.9 Å². The predicted octanol–water partition coefficient (Wildman–Crippen LogP) is 5.15. The molecule has 4 aromatic rings. The van der Waals surface area contributed by atoms with Gasteiger partial charge < -0.3 is 10.1 Å². The number of fused-ring (bicyclic) bond motifs is 2. The van der Waals surface area contributed by atoms with Gasteiger partial charge in [0.15, 0.2) is 0 Å². The van der Waals surface area contributed by atoms with Crippen molar-refractivity contribution in [2.24, 2.45) is 0 Å². The Hall–Kier alpha value is -2.25. The highest BCUT2D eigenvalue weighted by atomic mass is 32.1. The second-order valence-electron chi connectivity index (χ2n) is 5.72. The molecule has 1 aromatic carbocycles. The van der Waals surface area contributed by atoms with E-state index in [1.165, 1.54) is 6.07 Å². The predicted molar refractivity (Wildman–Crippen MR) is 91.5 cm³/mol. The average Bonchev–Trinajstić information content (AvgIpc) is 3.25. The maximum Gasteiger partial charge on any atom is 0.272 e. The van der Waals surface area contributed by atoms with Gasteiger partial charge in [0, 0.05) is 10.9 Å². The normalized spacial score (nSPS) is 13.4. The number of benzene rings is 1. The number of aromatic nitrogens is 3. The number of H-pyrrole nitrogens is 2. The first kappa shape index (κ1) is 15.3. The molecule has 124 valence electrons. The summed E-state index contributed by atoms with van der Waals surface area (Å²) in [5.74, 6) is 0. The van der Waals surface area contributed by atoms with Crippen LogP contribution >= 0.6 is 11.3 Å². The highest BCUT2D eigenvalue weighted by Gasteiger charge is 2.18. The van der Waals surface area contributed by atoms with Crippen molar-refractivity contribution in [3.05, 3.63) is 40.8 Å². The van der Waals surface area contributed by atoms with Gasteiger partial charge in [-0.15, -0.1) is 11.3 Å². The van der Waals surface area contributed by atoms with Crippen LogP contribution in [0.5, 0.6) is 0 Å². The van der Waals surface area contributed by atoms with Gasteiger partial charge in [-0.05, 0) is 30.2 Å². The van der Waals surface area contributed by atoms with Gasteiger partial charge in [0.25, 0.3) is 6.43 Å². The van der Waals surface area contributed by atoms with E-state index in [0.717, 1.165) is 33.5 Å². The second kappa shape index (κ2) is 5.68. The van der Waals surface area contributed by atoms with E-state index in [0.29, 0.717) is 22.3 Å². The number of nitrogens with zero attached hydrogens (tertiary/aromatic N) is 1. The molecule has 0 saturated carbocycles. The first-order chi connectivity index (χ1) is 11.6. The molecule has 0 aliphatic heterocycles. The van der Waals surface area contributed by atoms with Crippen LogP contribution < -0.4 is 0 Å². The molecule has 4 nitrogen and oxygen atoms in total. The van der Waals surface area contributed by atoms with Gasteiger partial charge in [-0.2, -0.15) is 5.10 Å². The first-order valence-electron chi connectivity index (χ1n) is 7.64. The van der Waals surface area contributed by atoms with E-state index >= 15 is 0 Å². The monoisotopic (exact) mass is 347 g/mol. The van der Waals surface area contributed by atoms with Crippen molar-refractivity contribution in [3.8, 4) is 11.4 Å². The molecule has 0 aliphatic carbocycles. The fourth-order valence-electron chi connectivity index (χ4n) is 2.84. The van der Waals surface area contributed by atoms with E-state index in [2.05, 4.69) is 15.2 Å². The fraction of sp³-hybridized carbons (Fsp3) is 0.235. The molecule has 0 amide bonds. The average molecular weight is 347 g/mol. The Bertz CT molecular complexity index is 1020. The minimum atomic E-state index is -2.48. The molecule has 7 heteroatoms. The zero-order chi connectivity index (χ0) is 16.8. The number of alkyl halides is 2. The van der Waals surface area contributed by atoms with Gasteiger partial charge >= 0.3 is 0 Å². The summed E-state index contributed by atoms with van der Waals surface area (Å²) in [6, 6.07) is 9.13. The molecule has 4 rings (SSSR count). The quantitative estimate of drug-likeness (QED) is 0.478. The van der Waals surface area contributed by atoms with Crippen LogP contribution in [0.15, 0.2) is 30.3 Å². The van der Waals surface area contributed by atoms with Crippen LogP contribution in [-0.2, 0) is 0 Å². The number of aliphatic hydroxyl groups is 1. The summed E-state index contributed by atoms with van der Waals surface area (Å²) in [4.78, 5) is 3.31. The van der Waals surface area contributed by atoms with Crippen molar-refractivity contribution in [2.45, 2.75) is 25.9 Å². The van der Waals surface area contributed by atoms with Crippen molar-refractivity contribution >= 4 is 32.5 Å². The number of thiophene rings is 1. The highest BCUT2D eigenvalue weighted by Crippen LogP contribution is 2.37. The van der Waals surface area contributed by atoms with Gasteiger partial charge in [-0.1, -0.05) is 19.1 Å². The number of hydrogen-bond donors (Lipinski definition) is 3. The smallest absolute Gasteiger partial charge is 0.272 e. The van der Waals surface area contributed by atoms with E-state index in [-0.39, 0.29) is 4.88 Å². The Kier molecular flexibility index (Phi) is 3.62. The summed E-state index contributed by atoms with van der Waals surface area (Å²) in [6.07, 6.45) is -2.33. The largest absolute Gasteiger partial charge is 0.388 e. The van der Waals surface area contributed by atoms with Crippen molar-refractivity contribution in [3.63, 3.8) is 0 Å². The lowest BCUT2D eigenvalue weighted by Gasteiger charge is -2.07. The molecule has 3 N–H and O–H groups in total. The number of hydrogen-bond acceptors (Lipinski definition) is 3. The van der Waals surface area contributed by atoms with Crippen molar-refractivity contribution in [1.82, 2.24) is 15.2 Å². The molecule has 0 saturated heterocycles. The van der Waals surface area contributed by atoms with E-state index in [1.807, 2.05) is 31.2 Å². The van der Waals surface area contributed by atoms with Gasteiger partial charge in [-0.25, -0.2) is 8.78 Å². The molecule has 24 heavy (non-hydrogen) atoms. The van der Waals surface area contributed by atoms with E-state index in [4.69, 9.17) is 0 Å². The van der Waals surface area contributed by atoms with Crippen LogP contribution in [0.2, 0.25) is 0 Å². The van der Waals surface area contributed by atoms with Gasteiger partial charge in [0.05, 0.1) is 26.9 Å². The van der Waals surface area contributed by atoms with Crippen molar-refractivity contribution in [2.75, 3.05) is 0 Å². The number of rotatable bonds is 4. The lowest BCUT2D eigenvalue weighted by molar-refractivity contribution is 0.156. The van der Waals surface area contributed by atoms with Crippen LogP contribution in [0.3, 0.4) is 0 Å². The second-order valence-corrected chi connectivity index (χ2v) is 6.80. The number of nitrogens with one attached hydrogen (secondary N) is 2. The van der Waals surface area contributed by atoms with Crippen LogP contribution in [0.25, 0.3) is 32.5 Å². The van der Waals surface area contributed by atoms with Crippen molar-refractivity contribution < 1.29 is 13.9 Å². The van der Waals surface area contributed by atoms with Crippen LogP contribution in [0.4, 0.5) is 8.78 Å². The summed E-state index contributed by atoms with van der Waals surface area (Å²) in [5.41, 5.74) is 3.75. The molecule has 0 bridgehead atoms. The number of aliphatic hydroxyl groups excluding tert-OH is 1. The third kappa shape index (κ3) is 2.40. The Morgan fingerprint density at radius 1 is 1.21 bits per heavy atom. The minimum absolute atomic E-state index is 0.0318. The molecule has 0 spiro atoms. The summed E-state index contributed by atoms with van der Waals surface area (Å²) in [5, 5.41) is 18.0. The summed E-state index contributed by atoms with van der Waals surface area (Å²) >= 11 is 1.05. The lowest BCUT2D eigenvalue weighted by atomic mass is 10.1. The molecule has 0 radical (unpaired) electrons. The van der Waals surface area contributed by atoms with Gasteiger partial charge in [-0.3, -0.25) is 5.10 Å². The SMILES string of the molecule is CCC(O)c1ccc2cc(-c3n[nH]c4cc(C(F)F)sc34)[nH]c2c1. The molecular formula is C17H15F2N3OS. The Balaban J connectivity index is 1.81. The summed E-state index contributed by atoms with van der Waals surface area (Å²) in [7, 11) is 0. The van der Waals surface area contributed by atoms with Gasteiger partial charge in [0.2, 0.25) is 0 Å². The molecular weight excluding hydrogens is 332 g/mol. The summed E-state index contributed by atoms with van der Waals surface area (Å²) < 4.78 is 26.5. The molecule has 0 fully saturated rings. The molecule has 1 unspecified atom stereocenters. The molecule has 3 aromatic heterocycles. The third-order valence-electron chi connectivity index (χ3n) is 4.14. The Labute approximate surface area is 140 Å². The number of aromatic amines is 2. The van der Waals surface area contributed by atoms with Crippen molar-refractivity contribution in [1.29, 1.82) is 0 Å². The first-order valence-corrected chi connectivity index (χ1v) is 8.45. The molecule has 0 aliphatic rings. The van der Waals surface area contributed by atoms with Crippen LogP contribution in [-0.4, -0.2) is 20.3 Å². The standard InChI is InChI=1S/C17H15F2N3OS/c1-2-13(23)9-4-3-8-5-11(20-10(8)6-9)15-16-12(21-22-15)7-14(24-16)17(18)19/h3-7,13,17,20,23H,2H2,1H3,(H,21,22). The van der Waals surface area contributed by atoms with Crippen LogP contribution in [0.1, 0.15) is 36.3 Å². The maximum atomic E-state index is 12.9.